The molecule has 1 saturated heterocycles. The summed E-state index contributed by atoms with van der Waals surface area (Å²) >= 11 is 1.85. The molecule has 4 nitrogen and oxygen atoms in total. The first kappa shape index (κ1) is 15.8. The van der Waals surface area contributed by atoms with E-state index in [0.29, 0.717) is 0 Å². The van der Waals surface area contributed by atoms with Crippen LogP contribution < -0.4 is 5.32 Å². The Morgan fingerprint density at radius 3 is 2.94 bits per heavy atom. The van der Waals surface area contributed by atoms with Crippen molar-refractivity contribution in [2.75, 3.05) is 46.2 Å². The van der Waals surface area contributed by atoms with E-state index in [2.05, 4.69) is 36.1 Å². The Bertz CT molecular complexity index is 273. The first-order chi connectivity index (χ1) is 8.59. The van der Waals surface area contributed by atoms with E-state index in [1.54, 1.807) is 7.11 Å². The number of hydrogen-bond acceptors (Lipinski definition) is 4. The highest BCUT2D eigenvalue weighted by atomic mass is 32.2. The lowest BCUT2D eigenvalue weighted by Gasteiger charge is -2.35. The smallest absolute Gasteiger partial charge is 0.157 e. The summed E-state index contributed by atoms with van der Waals surface area (Å²) in [6.07, 6.45) is 2.38. The monoisotopic (exact) mass is 273 g/mol. The molecule has 1 aliphatic rings. The minimum Gasteiger partial charge on any atom is -0.383 e. The van der Waals surface area contributed by atoms with Crippen LogP contribution in [0, 0.1) is 0 Å². The van der Waals surface area contributed by atoms with Crippen LogP contribution in [0.15, 0.2) is 4.99 Å². The maximum Gasteiger partial charge on any atom is 0.157 e. The van der Waals surface area contributed by atoms with Crippen LogP contribution >= 0.6 is 11.8 Å². The van der Waals surface area contributed by atoms with E-state index in [4.69, 9.17) is 4.74 Å². The number of thioether (sulfide) groups is 1. The Balaban J connectivity index is 2.29. The fraction of sp³-hybridized carbons (Fsp3) is 0.923. The van der Waals surface area contributed by atoms with Crippen LogP contribution in [-0.2, 0) is 4.74 Å². The van der Waals surface area contributed by atoms with Crippen molar-refractivity contribution in [3.63, 3.8) is 0 Å². The third-order valence-corrected chi connectivity index (χ3v) is 4.41. The third-order valence-electron chi connectivity index (χ3n) is 3.50. The van der Waals surface area contributed by atoms with Crippen molar-refractivity contribution in [1.82, 2.24) is 10.2 Å². The van der Waals surface area contributed by atoms with Gasteiger partial charge in [-0.25, -0.2) is 0 Å². The van der Waals surface area contributed by atoms with Crippen LogP contribution in [0.1, 0.15) is 26.7 Å². The zero-order valence-electron chi connectivity index (χ0n) is 12.2. The second-order valence-electron chi connectivity index (χ2n) is 5.12. The van der Waals surface area contributed by atoms with Crippen LogP contribution in [-0.4, -0.2) is 61.8 Å². The number of methoxy groups -OCH3 is 1. The third kappa shape index (κ3) is 5.59. The van der Waals surface area contributed by atoms with Gasteiger partial charge in [0.2, 0.25) is 0 Å². The molecule has 18 heavy (non-hydrogen) atoms. The van der Waals surface area contributed by atoms with Gasteiger partial charge >= 0.3 is 0 Å². The number of rotatable bonds is 7. The normalized spacial score (nSPS) is 26.6. The van der Waals surface area contributed by atoms with E-state index in [1.807, 2.05) is 11.8 Å². The lowest BCUT2D eigenvalue weighted by molar-refractivity contribution is 0.163. The number of nitrogens with zero attached hydrogens (tertiary/aromatic N) is 2. The van der Waals surface area contributed by atoms with Crippen LogP contribution in [0.2, 0.25) is 0 Å². The molecular formula is C13H27N3OS. The van der Waals surface area contributed by atoms with E-state index < -0.39 is 0 Å². The molecule has 0 saturated carbocycles. The maximum absolute atomic E-state index is 5.06. The van der Waals surface area contributed by atoms with Crippen LogP contribution in [0.25, 0.3) is 0 Å². The summed E-state index contributed by atoms with van der Waals surface area (Å²) < 4.78 is 5.06. The van der Waals surface area contributed by atoms with E-state index in [1.165, 1.54) is 12.2 Å². The van der Waals surface area contributed by atoms with Gasteiger partial charge in [0.15, 0.2) is 5.17 Å². The Labute approximate surface area is 116 Å². The van der Waals surface area contributed by atoms with Gasteiger partial charge in [-0.15, -0.1) is 0 Å². The second kappa shape index (κ2) is 8.02. The molecule has 1 aliphatic heterocycles. The summed E-state index contributed by atoms with van der Waals surface area (Å²) in [5.74, 6) is 1.18. The topological polar surface area (TPSA) is 36.9 Å². The molecule has 1 N–H and O–H groups in total. The highest BCUT2D eigenvalue weighted by molar-refractivity contribution is 8.13. The molecular weight excluding hydrogens is 246 g/mol. The summed E-state index contributed by atoms with van der Waals surface area (Å²) in [5.41, 5.74) is 0.242. The molecule has 106 valence electrons. The molecule has 0 radical (unpaired) electrons. The molecule has 0 spiro atoms. The molecule has 0 aliphatic carbocycles. The predicted octanol–water partition coefficient (Wildman–Crippen LogP) is 1.82. The van der Waals surface area contributed by atoms with Crippen LogP contribution in [0.5, 0.6) is 0 Å². The number of hydrogen-bond donors (Lipinski definition) is 1. The van der Waals surface area contributed by atoms with Gasteiger partial charge < -0.3 is 15.0 Å². The summed E-state index contributed by atoms with van der Waals surface area (Å²) in [7, 11) is 3.85. The van der Waals surface area contributed by atoms with Gasteiger partial charge in [0, 0.05) is 31.5 Å². The SMILES string of the molecule is CCC1(C)CCSC(=NCCN(C)CCOC)N1. The molecule has 0 amide bonds. The van der Waals surface area contributed by atoms with Gasteiger partial charge in [-0.3, -0.25) is 4.99 Å². The highest BCUT2D eigenvalue weighted by Gasteiger charge is 2.27. The summed E-state index contributed by atoms with van der Waals surface area (Å²) in [5, 5.41) is 4.68. The van der Waals surface area contributed by atoms with Gasteiger partial charge in [-0.1, -0.05) is 18.7 Å². The Hall–Kier alpha value is -0.260. The molecule has 1 heterocycles. The molecule has 0 aromatic rings. The standard InChI is InChI=1S/C13H27N3OS/c1-5-13(2)6-11-18-12(15-13)14-7-8-16(3)9-10-17-4/h5-11H2,1-4H3,(H,14,15). The molecule has 1 fully saturated rings. The molecule has 0 aromatic carbocycles. The van der Waals surface area contributed by atoms with Gasteiger partial charge in [0.25, 0.3) is 0 Å². The first-order valence-corrected chi connectivity index (χ1v) is 7.71. The lowest BCUT2D eigenvalue weighted by Crippen LogP contribution is -2.48. The Morgan fingerprint density at radius 2 is 2.28 bits per heavy atom. The molecule has 0 aromatic heterocycles. The van der Waals surface area contributed by atoms with Gasteiger partial charge in [-0.2, -0.15) is 0 Å². The fourth-order valence-corrected chi connectivity index (χ4v) is 3.01. The van der Waals surface area contributed by atoms with Crippen molar-refractivity contribution in [2.24, 2.45) is 4.99 Å². The summed E-state index contributed by atoms with van der Waals surface area (Å²) in [6, 6.07) is 0. The van der Waals surface area contributed by atoms with Crippen molar-refractivity contribution in [1.29, 1.82) is 0 Å². The average molecular weight is 273 g/mol. The summed E-state index contributed by atoms with van der Waals surface area (Å²) in [4.78, 5) is 6.91. The number of likely N-dealkylation sites (N-methyl/N-ethyl adjacent to an activating group) is 1. The van der Waals surface area contributed by atoms with Crippen molar-refractivity contribution in [3.8, 4) is 0 Å². The average Bonchev–Trinajstić information content (AvgIpc) is 2.36. The lowest BCUT2D eigenvalue weighted by atomic mass is 9.96. The van der Waals surface area contributed by atoms with Crippen molar-refractivity contribution >= 4 is 16.9 Å². The molecule has 5 heteroatoms. The largest absolute Gasteiger partial charge is 0.383 e. The van der Waals surface area contributed by atoms with Crippen molar-refractivity contribution in [3.05, 3.63) is 0 Å². The van der Waals surface area contributed by atoms with Crippen LogP contribution in [0.3, 0.4) is 0 Å². The minimum atomic E-state index is 0.242. The van der Waals surface area contributed by atoms with E-state index >= 15 is 0 Å². The molecule has 1 atom stereocenters. The van der Waals surface area contributed by atoms with Crippen LogP contribution in [0.4, 0.5) is 0 Å². The van der Waals surface area contributed by atoms with Gasteiger partial charge in [0.1, 0.15) is 0 Å². The molecule has 1 unspecified atom stereocenters. The van der Waals surface area contributed by atoms with Gasteiger partial charge in [-0.05, 0) is 26.8 Å². The Morgan fingerprint density at radius 1 is 1.50 bits per heavy atom. The number of ether oxygens (including phenoxy) is 1. The molecule has 0 bridgehead atoms. The summed E-state index contributed by atoms with van der Waals surface area (Å²) in [6.45, 7) is 8.11. The zero-order valence-corrected chi connectivity index (χ0v) is 13.0. The molecule has 1 rings (SSSR count). The van der Waals surface area contributed by atoms with E-state index in [0.717, 1.165) is 37.8 Å². The highest BCUT2D eigenvalue weighted by Crippen LogP contribution is 2.24. The predicted molar refractivity (Wildman–Crippen MR) is 80.6 cm³/mol. The maximum atomic E-state index is 5.06. The number of amidine groups is 1. The quantitative estimate of drug-likeness (QED) is 0.768. The van der Waals surface area contributed by atoms with Crippen molar-refractivity contribution < 1.29 is 4.74 Å². The van der Waals surface area contributed by atoms with E-state index in [-0.39, 0.29) is 5.54 Å². The fourth-order valence-electron chi connectivity index (χ4n) is 1.76. The van der Waals surface area contributed by atoms with Crippen molar-refractivity contribution in [2.45, 2.75) is 32.2 Å². The zero-order chi connectivity index (χ0) is 13.4. The minimum absolute atomic E-state index is 0.242. The Kier molecular flexibility index (Phi) is 7.04. The van der Waals surface area contributed by atoms with Gasteiger partial charge in [0.05, 0.1) is 13.2 Å². The number of nitrogens with one attached hydrogen (secondary N) is 1. The first-order valence-electron chi connectivity index (χ1n) is 6.72. The number of aliphatic imine (C=N–C) groups is 1. The second-order valence-corrected chi connectivity index (χ2v) is 6.20. The van der Waals surface area contributed by atoms with E-state index in [9.17, 15) is 0 Å².